The molecular weight excluding hydrogens is 440 g/mol. The van der Waals surface area contributed by atoms with Crippen LogP contribution in [-0.4, -0.2) is 30.8 Å². The van der Waals surface area contributed by atoms with Crippen molar-refractivity contribution >= 4 is 22.0 Å². The van der Waals surface area contributed by atoms with Crippen LogP contribution in [0, 0.1) is 0 Å². The number of unbranched alkanes of at least 4 members (excludes halogenated alkanes) is 3. The normalized spacial score (nSPS) is 11.8. The van der Waals surface area contributed by atoms with Gasteiger partial charge in [0.05, 0.1) is 18.2 Å². The van der Waals surface area contributed by atoms with Gasteiger partial charge in [0.1, 0.15) is 5.69 Å². The zero-order valence-electron chi connectivity index (χ0n) is 18.6. The standard InChI is InChI=1S/C25H28N2O5S/c1-2-31-33(29,30)17-16-21-14-15-22(26-18-21)24-19-27-25(32-24)23(28)13-9-4-3-6-10-20-11-7-5-8-12-20/h5,7-8,11-12,14-19H,2-4,6,9-10,13H2,1H3/b17-16+. The number of carbonyl (C=O) groups is 1. The molecule has 0 saturated heterocycles. The molecule has 0 unspecified atom stereocenters. The number of nitrogens with zero attached hydrogens (tertiary/aromatic N) is 2. The quantitative estimate of drug-likeness (QED) is 0.187. The molecule has 0 aliphatic heterocycles. The van der Waals surface area contributed by atoms with E-state index in [1.54, 1.807) is 19.1 Å². The summed E-state index contributed by atoms with van der Waals surface area (Å²) in [6.45, 7) is 1.68. The minimum atomic E-state index is -3.70. The number of benzene rings is 1. The van der Waals surface area contributed by atoms with Crippen LogP contribution in [0.2, 0.25) is 0 Å². The highest BCUT2D eigenvalue weighted by atomic mass is 32.2. The molecule has 0 aliphatic carbocycles. The number of aryl methyl sites for hydroxylation is 1. The fourth-order valence-corrected chi connectivity index (χ4v) is 3.99. The highest BCUT2D eigenvalue weighted by molar-refractivity contribution is 7.89. The molecule has 8 heteroatoms. The van der Waals surface area contributed by atoms with E-state index in [2.05, 4.69) is 38.4 Å². The van der Waals surface area contributed by atoms with Crippen LogP contribution >= 0.6 is 0 Å². The van der Waals surface area contributed by atoms with Gasteiger partial charge in [-0.1, -0.05) is 49.2 Å². The van der Waals surface area contributed by atoms with E-state index in [4.69, 9.17) is 4.42 Å². The molecular formula is C25H28N2O5S. The largest absolute Gasteiger partial charge is 0.432 e. The number of pyridine rings is 1. The molecule has 2 heterocycles. The van der Waals surface area contributed by atoms with E-state index in [0.717, 1.165) is 37.5 Å². The van der Waals surface area contributed by atoms with Gasteiger partial charge in [0.25, 0.3) is 16.0 Å². The van der Waals surface area contributed by atoms with Gasteiger partial charge >= 0.3 is 0 Å². The van der Waals surface area contributed by atoms with Crippen molar-refractivity contribution in [1.29, 1.82) is 0 Å². The molecule has 33 heavy (non-hydrogen) atoms. The maximum Gasteiger partial charge on any atom is 0.290 e. The van der Waals surface area contributed by atoms with Crippen molar-refractivity contribution < 1.29 is 21.8 Å². The highest BCUT2D eigenvalue weighted by Crippen LogP contribution is 2.20. The van der Waals surface area contributed by atoms with Crippen molar-refractivity contribution in [1.82, 2.24) is 9.97 Å². The summed E-state index contributed by atoms with van der Waals surface area (Å²) in [5, 5.41) is 0.986. The number of hydrogen-bond donors (Lipinski definition) is 0. The molecule has 1 aromatic carbocycles. The first-order valence-electron chi connectivity index (χ1n) is 11.0. The van der Waals surface area contributed by atoms with E-state index in [0.29, 0.717) is 23.4 Å². The van der Waals surface area contributed by atoms with Gasteiger partial charge in [-0.25, -0.2) is 4.98 Å². The summed E-state index contributed by atoms with van der Waals surface area (Å²) in [5.41, 5.74) is 2.44. The minimum Gasteiger partial charge on any atom is -0.432 e. The maximum atomic E-state index is 12.4. The van der Waals surface area contributed by atoms with E-state index in [1.807, 2.05) is 6.07 Å². The molecule has 0 radical (unpaired) electrons. The summed E-state index contributed by atoms with van der Waals surface area (Å²) in [4.78, 5) is 20.7. The molecule has 3 aromatic rings. The molecule has 0 aliphatic rings. The first-order chi connectivity index (χ1) is 16.0. The van der Waals surface area contributed by atoms with Gasteiger partial charge in [0.15, 0.2) is 5.76 Å². The lowest BCUT2D eigenvalue weighted by Gasteiger charge is -2.01. The van der Waals surface area contributed by atoms with Crippen LogP contribution < -0.4 is 0 Å². The number of hydrogen-bond acceptors (Lipinski definition) is 7. The molecule has 0 bridgehead atoms. The fraction of sp³-hybridized carbons (Fsp3) is 0.320. The van der Waals surface area contributed by atoms with Crippen molar-refractivity contribution in [3.63, 3.8) is 0 Å². The van der Waals surface area contributed by atoms with Crippen LogP contribution in [0.25, 0.3) is 17.5 Å². The Morgan fingerprint density at radius 2 is 1.79 bits per heavy atom. The third-order valence-corrected chi connectivity index (χ3v) is 5.99. The molecule has 3 rings (SSSR count). The summed E-state index contributed by atoms with van der Waals surface area (Å²) >= 11 is 0. The van der Waals surface area contributed by atoms with Crippen LogP contribution in [0.3, 0.4) is 0 Å². The Morgan fingerprint density at radius 1 is 1.00 bits per heavy atom. The molecule has 0 atom stereocenters. The second kappa shape index (κ2) is 12.2. The van der Waals surface area contributed by atoms with Crippen molar-refractivity contribution in [3.05, 3.63) is 77.3 Å². The molecule has 2 aromatic heterocycles. The van der Waals surface area contributed by atoms with E-state index in [-0.39, 0.29) is 18.3 Å². The minimum absolute atomic E-state index is 0.0741. The Labute approximate surface area is 194 Å². The fourth-order valence-electron chi connectivity index (χ4n) is 3.26. The summed E-state index contributed by atoms with van der Waals surface area (Å²) in [6, 6.07) is 13.8. The predicted octanol–water partition coefficient (Wildman–Crippen LogP) is 5.45. The van der Waals surface area contributed by atoms with Gasteiger partial charge in [0.2, 0.25) is 5.78 Å². The number of ketones is 1. The van der Waals surface area contributed by atoms with Crippen molar-refractivity contribution in [2.24, 2.45) is 0 Å². The van der Waals surface area contributed by atoms with Gasteiger partial charge in [-0.15, -0.1) is 0 Å². The Balaban J connectivity index is 1.44. The van der Waals surface area contributed by atoms with Gasteiger partial charge in [-0.05, 0) is 49.5 Å². The van der Waals surface area contributed by atoms with Crippen LogP contribution in [0.1, 0.15) is 60.8 Å². The SMILES string of the molecule is CCOS(=O)(=O)/C=C/c1ccc(-c2cnc(C(=O)CCCCCCc3ccccc3)o2)nc1. The molecule has 0 spiro atoms. The molecule has 0 amide bonds. The molecule has 174 valence electrons. The lowest BCUT2D eigenvalue weighted by molar-refractivity contribution is 0.0946. The topological polar surface area (TPSA) is 99.4 Å². The van der Waals surface area contributed by atoms with Crippen LogP contribution in [0.15, 0.2) is 64.7 Å². The zero-order valence-corrected chi connectivity index (χ0v) is 19.5. The zero-order chi connectivity index (χ0) is 23.5. The Morgan fingerprint density at radius 3 is 2.52 bits per heavy atom. The molecule has 0 N–H and O–H groups in total. The van der Waals surface area contributed by atoms with E-state index in [1.165, 1.54) is 24.0 Å². The van der Waals surface area contributed by atoms with Crippen LogP contribution in [0.4, 0.5) is 0 Å². The number of carbonyl (C=O) groups excluding carboxylic acids is 1. The number of Topliss-reactive ketones (excluding diaryl/α,β-unsaturated/α-hetero) is 1. The second-order valence-corrected chi connectivity index (χ2v) is 9.02. The third kappa shape index (κ3) is 8.07. The van der Waals surface area contributed by atoms with Crippen molar-refractivity contribution in [2.75, 3.05) is 6.61 Å². The lowest BCUT2D eigenvalue weighted by atomic mass is 10.0. The maximum absolute atomic E-state index is 12.4. The summed E-state index contributed by atoms with van der Waals surface area (Å²) in [7, 11) is -3.70. The molecule has 0 saturated carbocycles. The van der Waals surface area contributed by atoms with E-state index in [9.17, 15) is 13.2 Å². The Kier molecular flexibility index (Phi) is 9.09. The molecule has 7 nitrogen and oxygen atoms in total. The number of aromatic nitrogens is 2. The van der Waals surface area contributed by atoms with Gasteiger partial charge in [-0.2, -0.15) is 8.42 Å². The molecule has 0 fully saturated rings. The number of oxazole rings is 1. The smallest absolute Gasteiger partial charge is 0.290 e. The van der Waals surface area contributed by atoms with E-state index >= 15 is 0 Å². The predicted molar refractivity (Wildman–Crippen MR) is 127 cm³/mol. The number of rotatable bonds is 13. The monoisotopic (exact) mass is 468 g/mol. The summed E-state index contributed by atoms with van der Waals surface area (Å²) in [6.07, 6.45) is 9.81. The summed E-state index contributed by atoms with van der Waals surface area (Å²) < 4.78 is 33.4. The second-order valence-electron chi connectivity index (χ2n) is 7.53. The van der Waals surface area contributed by atoms with E-state index < -0.39 is 10.1 Å². The van der Waals surface area contributed by atoms with Crippen molar-refractivity contribution in [3.8, 4) is 11.5 Å². The third-order valence-electron chi connectivity index (χ3n) is 4.95. The van der Waals surface area contributed by atoms with Gasteiger partial charge in [0, 0.05) is 12.6 Å². The average Bonchev–Trinajstić information content (AvgIpc) is 3.31. The van der Waals surface area contributed by atoms with Crippen LogP contribution in [-0.2, 0) is 20.7 Å². The summed E-state index contributed by atoms with van der Waals surface area (Å²) in [5.74, 6) is 0.353. The first kappa shape index (κ1) is 24.5. The Hall–Kier alpha value is -3.10. The van der Waals surface area contributed by atoms with Crippen LogP contribution in [0.5, 0.6) is 0 Å². The highest BCUT2D eigenvalue weighted by Gasteiger charge is 2.14. The van der Waals surface area contributed by atoms with Crippen molar-refractivity contribution in [2.45, 2.75) is 45.4 Å². The average molecular weight is 469 g/mol. The first-order valence-corrected chi connectivity index (χ1v) is 12.5. The lowest BCUT2D eigenvalue weighted by Crippen LogP contribution is -2.00. The van der Waals surface area contributed by atoms with Gasteiger partial charge in [-0.3, -0.25) is 14.0 Å². The van der Waals surface area contributed by atoms with Gasteiger partial charge < -0.3 is 4.42 Å². The Bertz CT molecular complexity index is 1150.